The Labute approximate surface area is 220 Å². The van der Waals surface area contributed by atoms with Crippen LogP contribution in [0.25, 0.3) is 0 Å². The average Bonchev–Trinajstić information content (AvgIpc) is 2.85. The fraction of sp³-hybridized carbons (Fsp3) is 0.591. The lowest BCUT2D eigenvalue weighted by atomic mass is 9.97. The zero-order valence-corrected chi connectivity index (χ0v) is 21.4. The zero-order valence-electron chi connectivity index (χ0n) is 19.8. The molecule has 0 radical (unpaired) electrons. The number of amides is 1. The number of hydrogen-bond acceptors (Lipinski definition) is 11. The molecule has 1 heterocycles. The van der Waals surface area contributed by atoms with E-state index >= 15 is 0 Å². The van der Waals surface area contributed by atoms with Crippen LogP contribution in [0.3, 0.4) is 0 Å². The Balaban J connectivity index is 1.54. The van der Waals surface area contributed by atoms with Gasteiger partial charge in [0.1, 0.15) is 24.4 Å². The molecule has 0 aromatic heterocycles. The monoisotopic (exact) mass is 544 g/mol. The minimum atomic E-state index is -1.36. The van der Waals surface area contributed by atoms with Crippen LogP contribution in [0.15, 0.2) is 29.3 Å². The van der Waals surface area contributed by atoms with Crippen LogP contribution in [-0.2, 0) is 23.7 Å². The first-order valence-electron chi connectivity index (χ1n) is 11.2. The van der Waals surface area contributed by atoms with Gasteiger partial charge in [0.05, 0.1) is 50.5 Å². The second-order valence-corrected chi connectivity index (χ2v) is 8.25. The number of isothiocyanates is 1. The number of rotatable bonds is 14. The minimum Gasteiger partial charge on any atom is -0.394 e. The van der Waals surface area contributed by atoms with Crippen LogP contribution in [0.2, 0.25) is 0 Å². The van der Waals surface area contributed by atoms with E-state index in [-0.39, 0.29) is 13.2 Å². The maximum absolute atomic E-state index is 11.4. The summed E-state index contributed by atoms with van der Waals surface area (Å²) in [6.45, 7) is 2.68. The second kappa shape index (κ2) is 16.6. The second-order valence-electron chi connectivity index (χ2n) is 7.66. The van der Waals surface area contributed by atoms with Gasteiger partial charge in [-0.15, -0.1) is 0 Å². The molecular formula is C22H32N4O8S2. The van der Waals surface area contributed by atoms with Crippen LogP contribution in [0.4, 0.5) is 11.4 Å². The van der Waals surface area contributed by atoms with E-state index in [1.807, 2.05) is 12.1 Å². The molecule has 1 amide bonds. The SMILES string of the molecule is CC(=O)N[C@H]1C(OCCOCCOCCNC(=S)Nc2ccc(N=C=S)cc2)O[C@H](CO)[C@@H](O)[C@@H]1O. The Morgan fingerprint density at radius 2 is 1.78 bits per heavy atom. The van der Waals surface area contributed by atoms with Crippen molar-refractivity contribution in [2.24, 2.45) is 4.99 Å². The number of nitrogens with zero attached hydrogens (tertiary/aromatic N) is 1. The van der Waals surface area contributed by atoms with Crippen LogP contribution in [0.1, 0.15) is 6.92 Å². The molecule has 200 valence electrons. The van der Waals surface area contributed by atoms with Gasteiger partial charge in [-0.25, -0.2) is 0 Å². The molecule has 0 bridgehead atoms. The van der Waals surface area contributed by atoms with Crippen LogP contribution >= 0.6 is 24.4 Å². The number of nitrogens with one attached hydrogen (secondary N) is 3. The third-order valence-electron chi connectivity index (χ3n) is 4.96. The highest BCUT2D eigenvalue weighted by Crippen LogP contribution is 2.22. The number of aliphatic imine (C=N–C) groups is 1. The highest BCUT2D eigenvalue weighted by Gasteiger charge is 2.45. The first-order valence-corrected chi connectivity index (χ1v) is 12.1. The number of carbonyl (C=O) groups is 1. The molecule has 1 fully saturated rings. The topological polar surface area (TPSA) is 163 Å². The van der Waals surface area contributed by atoms with Crippen molar-refractivity contribution in [1.29, 1.82) is 0 Å². The number of ether oxygens (including phenoxy) is 4. The van der Waals surface area contributed by atoms with Crippen LogP contribution < -0.4 is 16.0 Å². The van der Waals surface area contributed by atoms with E-state index in [1.54, 1.807) is 12.1 Å². The average molecular weight is 545 g/mol. The predicted octanol–water partition coefficient (Wildman–Crippen LogP) is -0.299. The van der Waals surface area contributed by atoms with Gasteiger partial charge in [0.2, 0.25) is 5.91 Å². The van der Waals surface area contributed by atoms with Crippen molar-refractivity contribution in [2.75, 3.05) is 51.5 Å². The van der Waals surface area contributed by atoms with Crippen molar-refractivity contribution < 1.29 is 39.1 Å². The van der Waals surface area contributed by atoms with Crippen molar-refractivity contribution in [1.82, 2.24) is 10.6 Å². The first-order chi connectivity index (χ1) is 17.3. The summed E-state index contributed by atoms with van der Waals surface area (Å²) in [5, 5.41) is 40.9. The smallest absolute Gasteiger partial charge is 0.217 e. The molecule has 2 rings (SSSR count). The maximum Gasteiger partial charge on any atom is 0.217 e. The number of anilines is 1. The summed E-state index contributed by atoms with van der Waals surface area (Å²) >= 11 is 9.81. The molecule has 6 N–H and O–H groups in total. The molecular weight excluding hydrogens is 512 g/mol. The summed E-state index contributed by atoms with van der Waals surface area (Å²) in [5.41, 5.74) is 1.52. The lowest BCUT2D eigenvalue weighted by molar-refractivity contribution is -0.272. The van der Waals surface area contributed by atoms with Crippen LogP contribution in [-0.4, -0.2) is 108 Å². The summed E-state index contributed by atoms with van der Waals surface area (Å²) < 4.78 is 21.9. The molecule has 1 aromatic rings. The summed E-state index contributed by atoms with van der Waals surface area (Å²) in [4.78, 5) is 15.3. The third-order valence-corrected chi connectivity index (χ3v) is 5.30. The van der Waals surface area contributed by atoms with Crippen molar-refractivity contribution in [2.45, 2.75) is 37.6 Å². The van der Waals surface area contributed by atoms with E-state index in [0.717, 1.165) is 5.69 Å². The highest BCUT2D eigenvalue weighted by atomic mass is 32.1. The summed E-state index contributed by atoms with van der Waals surface area (Å²) in [5.74, 6) is -0.419. The Morgan fingerprint density at radius 3 is 2.42 bits per heavy atom. The van der Waals surface area contributed by atoms with E-state index < -0.39 is 43.2 Å². The molecule has 0 aliphatic carbocycles. The molecule has 1 aliphatic heterocycles. The zero-order chi connectivity index (χ0) is 26.3. The van der Waals surface area contributed by atoms with Crippen LogP contribution in [0, 0.1) is 0 Å². The summed E-state index contributed by atoms with van der Waals surface area (Å²) in [6.07, 6.45) is -4.80. The van der Waals surface area contributed by atoms with E-state index in [2.05, 4.69) is 38.3 Å². The number of hydrogen-bond donors (Lipinski definition) is 6. The molecule has 5 atom stereocenters. The molecule has 14 heteroatoms. The largest absolute Gasteiger partial charge is 0.394 e. The van der Waals surface area contributed by atoms with E-state index in [4.69, 9.17) is 31.2 Å². The van der Waals surface area contributed by atoms with Gasteiger partial charge in [-0.3, -0.25) is 4.79 Å². The van der Waals surface area contributed by atoms with Crippen molar-refractivity contribution in [3.8, 4) is 0 Å². The molecule has 0 spiro atoms. The molecule has 36 heavy (non-hydrogen) atoms. The third kappa shape index (κ3) is 10.5. The Kier molecular flexibility index (Phi) is 13.9. The minimum absolute atomic E-state index is 0.0993. The number of thiocarbonyl (C=S) groups is 2. The standard InChI is InChI=1S/C22H32N4O8S2/c1-14(28)25-18-20(30)19(29)17(12-27)34-21(18)33-11-10-32-9-8-31-7-6-23-22(36)26-16-4-2-15(3-5-16)24-13-35/h2-5,17-21,27,29-30H,6-12H2,1H3,(H,25,28)(H2,23,26,36)/t17-,18-,19-,20-,21?/m1/s1. The highest BCUT2D eigenvalue weighted by molar-refractivity contribution is 7.80. The summed E-state index contributed by atoms with van der Waals surface area (Å²) in [7, 11) is 0. The molecule has 0 saturated carbocycles. The molecule has 12 nitrogen and oxygen atoms in total. The number of benzene rings is 1. The normalized spacial score (nSPS) is 23.4. The van der Waals surface area contributed by atoms with Crippen LogP contribution in [0.5, 0.6) is 0 Å². The molecule has 1 unspecified atom stereocenters. The van der Waals surface area contributed by atoms with E-state index in [9.17, 15) is 20.1 Å². The maximum atomic E-state index is 11.4. The predicted molar refractivity (Wildman–Crippen MR) is 138 cm³/mol. The fourth-order valence-electron chi connectivity index (χ4n) is 3.24. The van der Waals surface area contributed by atoms with Crippen molar-refractivity contribution in [3.63, 3.8) is 0 Å². The molecule has 1 saturated heterocycles. The number of aliphatic hydroxyl groups is 3. The van der Waals surface area contributed by atoms with Gasteiger partial charge in [0, 0.05) is 19.2 Å². The van der Waals surface area contributed by atoms with E-state index in [1.165, 1.54) is 6.92 Å². The molecule has 1 aliphatic rings. The van der Waals surface area contributed by atoms with Gasteiger partial charge < -0.3 is 50.2 Å². The summed E-state index contributed by atoms with van der Waals surface area (Å²) in [6, 6.07) is 6.26. The van der Waals surface area contributed by atoms with Gasteiger partial charge in [-0.05, 0) is 48.7 Å². The Morgan fingerprint density at radius 1 is 1.11 bits per heavy atom. The van der Waals surface area contributed by atoms with E-state index in [0.29, 0.717) is 37.2 Å². The van der Waals surface area contributed by atoms with Gasteiger partial charge >= 0.3 is 0 Å². The number of aliphatic hydroxyl groups excluding tert-OH is 3. The Hall–Kier alpha value is -2.10. The van der Waals surface area contributed by atoms with Gasteiger partial charge in [-0.1, -0.05) is 0 Å². The van der Waals surface area contributed by atoms with Gasteiger partial charge in [0.25, 0.3) is 0 Å². The fourth-order valence-corrected chi connectivity index (χ4v) is 3.57. The quantitative estimate of drug-likeness (QED) is 0.103. The van der Waals surface area contributed by atoms with Gasteiger partial charge in [-0.2, -0.15) is 4.99 Å². The van der Waals surface area contributed by atoms with Crippen molar-refractivity contribution in [3.05, 3.63) is 24.3 Å². The lowest BCUT2D eigenvalue weighted by Crippen LogP contribution is -2.64. The molecule has 1 aromatic carbocycles. The van der Waals surface area contributed by atoms with Gasteiger partial charge in [0.15, 0.2) is 11.4 Å². The first kappa shape index (κ1) is 30.1. The number of carbonyl (C=O) groups excluding carboxylic acids is 1. The van der Waals surface area contributed by atoms with Crippen molar-refractivity contribution >= 4 is 52.0 Å². The lowest BCUT2D eigenvalue weighted by Gasteiger charge is -2.42. The Bertz CT molecular complexity index is 872.